The maximum absolute atomic E-state index is 2.62. The molecular formula is C10H11FeP. The fourth-order valence-corrected chi connectivity index (χ4v) is 0.932. The minimum absolute atomic E-state index is 0. The molecule has 0 saturated heterocycles. The summed E-state index contributed by atoms with van der Waals surface area (Å²) in [5, 5.41) is 1.26. The van der Waals surface area contributed by atoms with Gasteiger partial charge < -0.3 is 0 Å². The fraction of sp³-hybridized carbons (Fsp3) is 0. The molecule has 0 amide bonds. The van der Waals surface area contributed by atoms with Crippen molar-refractivity contribution in [2.45, 2.75) is 0 Å². The van der Waals surface area contributed by atoms with Crippen LogP contribution in [-0.2, 0) is 17.1 Å². The molecule has 0 aromatic carbocycles. The molecule has 0 fully saturated rings. The Morgan fingerprint density at radius 2 is 1.50 bits per heavy atom. The van der Waals surface area contributed by atoms with E-state index >= 15 is 0 Å². The van der Waals surface area contributed by atoms with Crippen LogP contribution in [-0.4, -0.2) is 0 Å². The van der Waals surface area contributed by atoms with Crippen LogP contribution in [0.15, 0.2) is 47.8 Å². The number of rotatable bonds is 0. The first-order chi connectivity index (χ1) is 5.39. The molecule has 0 aromatic heterocycles. The minimum atomic E-state index is 0. The summed E-state index contributed by atoms with van der Waals surface area (Å²) in [6.07, 6.45) is 18.1. The Balaban J connectivity index is 0.000000189. The van der Waals surface area contributed by atoms with Crippen molar-refractivity contribution in [2.24, 2.45) is 0 Å². The van der Waals surface area contributed by atoms with Crippen molar-refractivity contribution < 1.29 is 17.1 Å². The predicted octanol–water partition coefficient (Wildman–Crippen LogP) is 2.83. The zero-order valence-corrected chi connectivity index (χ0v) is 8.89. The SMILES string of the molecule is PC1=CC=C[CH]1.[CH]1C=CC=C1.[Fe]. The van der Waals surface area contributed by atoms with E-state index < -0.39 is 0 Å². The molecule has 12 heavy (non-hydrogen) atoms. The van der Waals surface area contributed by atoms with Crippen LogP contribution < -0.4 is 0 Å². The second kappa shape index (κ2) is 7.55. The summed E-state index contributed by atoms with van der Waals surface area (Å²) in [5.41, 5.74) is 0. The van der Waals surface area contributed by atoms with Gasteiger partial charge in [0.05, 0.1) is 0 Å². The van der Waals surface area contributed by atoms with Gasteiger partial charge in [-0.05, 0) is 5.31 Å². The van der Waals surface area contributed by atoms with Crippen LogP contribution in [0.4, 0.5) is 0 Å². The molecule has 0 aliphatic heterocycles. The molecule has 0 nitrogen and oxygen atoms in total. The average Bonchev–Trinajstić information content (AvgIpc) is 2.57. The van der Waals surface area contributed by atoms with Crippen molar-refractivity contribution >= 4 is 9.24 Å². The van der Waals surface area contributed by atoms with Crippen molar-refractivity contribution in [1.29, 1.82) is 0 Å². The van der Waals surface area contributed by atoms with Crippen molar-refractivity contribution in [3.63, 3.8) is 0 Å². The van der Waals surface area contributed by atoms with E-state index in [-0.39, 0.29) is 17.1 Å². The second-order valence-corrected chi connectivity index (χ2v) is 2.85. The quantitative estimate of drug-likeness (QED) is 0.433. The number of hydrogen-bond acceptors (Lipinski definition) is 0. The first-order valence-corrected chi connectivity index (χ1v) is 4.11. The maximum Gasteiger partial charge on any atom is 0.0124 e. The third-order valence-electron chi connectivity index (χ3n) is 1.24. The van der Waals surface area contributed by atoms with Gasteiger partial charge in [-0.3, -0.25) is 0 Å². The van der Waals surface area contributed by atoms with Crippen LogP contribution in [0, 0.1) is 12.8 Å². The Morgan fingerprint density at radius 3 is 1.67 bits per heavy atom. The molecule has 0 aromatic rings. The molecule has 1 unspecified atom stereocenters. The summed E-state index contributed by atoms with van der Waals surface area (Å²) in [6.45, 7) is 0. The van der Waals surface area contributed by atoms with Gasteiger partial charge in [0.15, 0.2) is 0 Å². The number of hydrogen-bond donors (Lipinski definition) is 0. The third-order valence-corrected chi connectivity index (χ3v) is 1.63. The molecule has 0 heterocycles. The van der Waals surface area contributed by atoms with Crippen LogP contribution in [0.5, 0.6) is 0 Å². The molecule has 0 spiro atoms. The van der Waals surface area contributed by atoms with E-state index in [1.807, 2.05) is 55.4 Å². The van der Waals surface area contributed by atoms with E-state index in [0.717, 1.165) is 0 Å². The standard InChI is InChI=1S/C5H6P.C5H5.Fe/c6-5-3-1-2-4-5;1-2-4-5-3-1;/h1-4H,6H2;1-5H;. The van der Waals surface area contributed by atoms with E-state index in [0.29, 0.717) is 0 Å². The van der Waals surface area contributed by atoms with Gasteiger partial charge in [0.25, 0.3) is 0 Å². The van der Waals surface area contributed by atoms with Gasteiger partial charge in [0, 0.05) is 29.9 Å². The topological polar surface area (TPSA) is 0 Å². The summed E-state index contributed by atoms with van der Waals surface area (Å²) in [5.74, 6) is 0. The predicted molar refractivity (Wildman–Crippen MR) is 53.8 cm³/mol. The molecular weight excluding hydrogens is 207 g/mol. The molecule has 2 aliphatic carbocycles. The van der Waals surface area contributed by atoms with E-state index in [1.165, 1.54) is 5.31 Å². The molecule has 1 atom stereocenters. The first kappa shape index (κ1) is 11.9. The van der Waals surface area contributed by atoms with Gasteiger partial charge in [-0.25, -0.2) is 0 Å². The summed E-state index contributed by atoms with van der Waals surface area (Å²) in [4.78, 5) is 0. The van der Waals surface area contributed by atoms with Crippen LogP contribution in [0.1, 0.15) is 0 Å². The summed E-state index contributed by atoms with van der Waals surface area (Å²) < 4.78 is 0. The Labute approximate surface area is 87.2 Å². The molecule has 2 aliphatic rings. The number of allylic oxidation sites excluding steroid dienone is 8. The van der Waals surface area contributed by atoms with Crippen LogP contribution in [0.2, 0.25) is 0 Å². The van der Waals surface area contributed by atoms with Crippen LogP contribution >= 0.6 is 9.24 Å². The smallest absolute Gasteiger partial charge is 0.0124 e. The average molecular weight is 218 g/mol. The minimum Gasteiger partial charge on any atom is -0.109 e. The van der Waals surface area contributed by atoms with E-state index in [4.69, 9.17) is 0 Å². The molecule has 2 radical (unpaired) electrons. The van der Waals surface area contributed by atoms with Gasteiger partial charge in [-0.1, -0.05) is 42.5 Å². The molecule has 2 heteroatoms. The molecule has 0 N–H and O–H groups in total. The Morgan fingerprint density at radius 1 is 0.833 bits per heavy atom. The zero-order valence-electron chi connectivity index (χ0n) is 6.63. The summed E-state index contributed by atoms with van der Waals surface area (Å²) in [7, 11) is 2.62. The maximum atomic E-state index is 2.62. The Bertz CT molecular complexity index is 214. The summed E-state index contributed by atoms with van der Waals surface area (Å²) >= 11 is 0. The van der Waals surface area contributed by atoms with Crippen LogP contribution in [0.3, 0.4) is 0 Å². The Hall–Kier alpha value is -0.0905. The molecule has 0 saturated carbocycles. The van der Waals surface area contributed by atoms with Gasteiger partial charge in [-0.2, -0.15) is 0 Å². The summed E-state index contributed by atoms with van der Waals surface area (Å²) in [6, 6.07) is 0. The monoisotopic (exact) mass is 218 g/mol. The first-order valence-electron chi connectivity index (χ1n) is 3.53. The van der Waals surface area contributed by atoms with E-state index in [9.17, 15) is 0 Å². The van der Waals surface area contributed by atoms with Crippen LogP contribution in [0.25, 0.3) is 0 Å². The fourth-order valence-electron chi connectivity index (χ4n) is 0.710. The van der Waals surface area contributed by atoms with Gasteiger partial charge in [-0.15, -0.1) is 9.24 Å². The largest absolute Gasteiger partial charge is 0.109 e. The Kier molecular flexibility index (Phi) is 7.50. The second-order valence-electron chi connectivity index (χ2n) is 2.18. The van der Waals surface area contributed by atoms with E-state index in [1.54, 1.807) is 0 Å². The van der Waals surface area contributed by atoms with Crippen molar-refractivity contribution in [2.75, 3.05) is 0 Å². The van der Waals surface area contributed by atoms with Crippen molar-refractivity contribution in [3.05, 3.63) is 60.7 Å². The van der Waals surface area contributed by atoms with Gasteiger partial charge in [0.1, 0.15) is 0 Å². The third kappa shape index (κ3) is 5.55. The molecule has 2 rings (SSSR count). The molecule has 64 valence electrons. The zero-order chi connectivity index (χ0) is 7.94. The van der Waals surface area contributed by atoms with Gasteiger partial charge >= 0.3 is 0 Å². The van der Waals surface area contributed by atoms with E-state index in [2.05, 4.69) is 9.24 Å². The molecule has 0 bridgehead atoms. The normalized spacial score (nSPS) is 16.6. The van der Waals surface area contributed by atoms with Crippen molar-refractivity contribution in [1.82, 2.24) is 0 Å². The van der Waals surface area contributed by atoms with Gasteiger partial charge in [0.2, 0.25) is 0 Å². The van der Waals surface area contributed by atoms with Crippen molar-refractivity contribution in [3.8, 4) is 0 Å².